The molecule has 138 valence electrons. The average Bonchev–Trinajstić information content (AvgIpc) is 2.62. The molecule has 0 aromatic heterocycles. The summed E-state index contributed by atoms with van der Waals surface area (Å²) >= 11 is 0. The van der Waals surface area contributed by atoms with Crippen molar-refractivity contribution in [1.82, 2.24) is 10.2 Å². The third-order valence-corrected chi connectivity index (χ3v) is 4.26. The molecule has 0 radical (unpaired) electrons. The molecule has 3 rings (SSSR count). The van der Waals surface area contributed by atoms with Crippen LogP contribution in [-0.4, -0.2) is 41.4 Å². The number of piperazine rings is 1. The number of nitrogens with zero attached hydrogens (tertiary/aromatic N) is 2. The first kappa shape index (κ1) is 19.7. The number of amides is 1. The van der Waals surface area contributed by atoms with Crippen LogP contribution in [-0.2, 0) is 0 Å². The lowest BCUT2D eigenvalue weighted by molar-refractivity contribution is -0.383. The Bertz CT molecular complexity index is 785. The maximum Gasteiger partial charge on any atom is 0.293 e. The summed E-state index contributed by atoms with van der Waals surface area (Å²) in [5.41, 5.74) is 1.33. The molecule has 2 aromatic carbocycles. The first-order chi connectivity index (χ1) is 12.1. The summed E-state index contributed by atoms with van der Waals surface area (Å²) in [6.45, 7) is 4.01. The fraction of sp³-hybridized carbons (Fsp3) is 0.278. The Labute approximate surface area is 157 Å². The van der Waals surface area contributed by atoms with Gasteiger partial charge >= 0.3 is 0 Å². The van der Waals surface area contributed by atoms with Crippen LogP contribution in [0.25, 0.3) is 0 Å². The zero-order chi connectivity index (χ0) is 17.8. The molecular formula is C18H21ClN4O3. The van der Waals surface area contributed by atoms with Crippen LogP contribution in [0.3, 0.4) is 0 Å². The number of halogens is 1. The highest BCUT2D eigenvalue weighted by molar-refractivity contribution is 5.96. The van der Waals surface area contributed by atoms with Gasteiger partial charge in [0, 0.05) is 43.0 Å². The molecule has 8 heteroatoms. The van der Waals surface area contributed by atoms with E-state index in [0.717, 1.165) is 18.8 Å². The first-order valence-corrected chi connectivity index (χ1v) is 8.18. The number of para-hydroxylation sites is 1. The molecule has 7 nitrogen and oxygen atoms in total. The van der Waals surface area contributed by atoms with Gasteiger partial charge in [0.05, 0.1) is 4.92 Å². The van der Waals surface area contributed by atoms with Crippen molar-refractivity contribution in [1.29, 1.82) is 0 Å². The van der Waals surface area contributed by atoms with Gasteiger partial charge in [-0.05, 0) is 31.2 Å². The van der Waals surface area contributed by atoms with Gasteiger partial charge < -0.3 is 15.5 Å². The number of benzene rings is 2. The van der Waals surface area contributed by atoms with E-state index < -0.39 is 4.92 Å². The lowest BCUT2D eigenvalue weighted by Gasteiger charge is -2.34. The largest absolute Gasteiger partial charge is 0.350 e. The normalized spacial score (nSPS) is 16.5. The Balaban J connectivity index is 0.00000243. The molecule has 0 aliphatic carbocycles. The first-order valence-electron chi connectivity index (χ1n) is 8.18. The van der Waals surface area contributed by atoms with Crippen molar-refractivity contribution in [2.24, 2.45) is 0 Å². The minimum absolute atomic E-state index is 0. The maximum atomic E-state index is 12.7. The molecule has 1 fully saturated rings. The Morgan fingerprint density at radius 2 is 2.00 bits per heavy atom. The Morgan fingerprint density at radius 1 is 1.27 bits per heavy atom. The number of carbonyl (C=O) groups excluding carboxylic acids is 1. The zero-order valence-electron chi connectivity index (χ0n) is 14.3. The SMILES string of the molecule is CC1CNCCN1C(=O)c1ccc(Nc2ccccc2)c([N+](=O)[O-])c1.Cl. The minimum Gasteiger partial charge on any atom is -0.350 e. The Kier molecular flexibility index (Phi) is 6.54. The van der Waals surface area contributed by atoms with E-state index in [1.165, 1.54) is 6.07 Å². The summed E-state index contributed by atoms with van der Waals surface area (Å²) in [7, 11) is 0. The van der Waals surface area contributed by atoms with Gasteiger partial charge in [-0.2, -0.15) is 0 Å². The summed E-state index contributed by atoms with van der Waals surface area (Å²) in [4.78, 5) is 25.4. The van der Waals surface area contributed by atoms with E-state index in [4.69, 9.17) is 0 Å². The lowest BCUT2D eigenvalue weighted by Crippen LogP contribution is -2.52. The van der Waals surface area contributed by atoms with Crippen LogP contribution in [0.1, 0.15) is 17.3 Å². The number of hydrogen-bond donors (Lipinski definition) is 2. The summed E-state index contributed by atoms with van der Waals surface area (Å²) in [5.74, 6) is -0.177. The minimum atomic E-state index is -0.469. The van der Waals surface area contributed by atoms with Crippen LogP contribution in [0.15, 0.2) is 48.5 Å². The second kappa shape index (κ2) is 8.64. The number of nitro benzene ring substituents is 1. The Morgan fingerprint density at radius 3 is 2.65 bits per heavy atom. The van der Waals surface area contributed by atoms with Crippen molar-refractivity contribution >= 4 is 35.4 Å². The average molecular weight is 377 g/mol. The van der Waals surface area contributed by atoms with Crippen molar-refractivity contribution in [2.75, 3.05) is 25.0 Å². The molecule has 0 saturated carbocycles. The molecule has 26 heavy (non-hydrogen) atoms. The van der Waals surface area contributed by atoms with Gasteiger partial charge in [0.2, 0.25) is 0 Å². The molecule has 1 saturated heterocycles. The van der Waals surface area contributed by atoms with Gasteiger partial charge in [0.15, 0.2) is 0 Å². The fourth-order valence-corrected chi connectivity index (χ4v) is 2.91. The van der Waals surface area contributed by atoms with E-state index in [9.17, 15) is 14.9 Å². The highest BCUT2D eigenvalue weighted by atomic mass is 35.5. The molecule has 1 atom stereocenters. The molecule has 1 unspecified atom stereocenters. The summed E-state index contributed by atoms with van der Waals surface area (Å²) in [5, 5.41) is 17.7. The maximum absolute atomic E-state index is 12.7. The van der Waals surface area contributed by atoms with Crippen LogP contribution in [0.2, 0.25) is 0 Å². The Hall–Kier alpha value is -2.64. The van der Waals surface area contributed by atoms with Gasteiger partial charge in [0.25, 0.3) is 11.6 Å². The molecule has 0 spiro atoms. The molecule has 2 N–H and O–H groups in total. The number of anilines is 2. The van der Waals surface area contributed by atoms with E-state index in [2.05, 4.69) is 10.6 Å². The summed E-state index contributed by atoms with van der Waals surface area (Å²) in [6.07, 6.45) is 0. The molecule has 0 bridgehead atoms. The molecule has 1 amide bonds. The molecular weight excluding hydrogens is 356 g/mol. The van der Waals surface area contributed by atoms with Gasteiger partial charge in [-0.1, -0.05) is 18.2 Å². The highest BCUT2D eigenvalue weighted by Crippen LogP contribution is 2.29. The van der Waals surface area contributed by atoms with Crippen LogP contribution in [0.5, 0.6) is 0 Å². The van der Waals surface area contributed by atoms with Crippen molar-refractivity contribution in [2.45, 2.75) is 13.0 Å². The summed E-state index contributed by atoms with van der Waals surface area (Å²) < 4.78 is 0. The van der Waals surface area contributed by atoms with Crippen molar-refractivity contribution < 1.29 is 9.72 Å². The third kappa shape index (κ3) is 4.30. The van der Waals surface area contributed by atoms with Gasteiger partial charge in [-0.15, -0.1) is 12.4 Å². The summed E-state index contributed by atoms with van der Waals surface area (Å²) in [6, 6.07) is 13.8. The zero-order valence-corrected chi connectivity index (χ0v) is 15.2. The fourth-order valence-electron chi connectivity index (χ4n) is 2.91. The van der Waals surface area contributed by atoms with Crippen molar-refractivity contribution in [3.8, 4) is 0 Å². The highest BCUT2D eigenvalue weighted by Gasteiger charge is 2.26. The van der Waals surface area contributed by atoms with E-state index in [-0.39, 0.29) is 30.0 Å². The smallest absolute Gasteiger partial charge is 0.293 e. The molecule has 1 heterocycles. The number of nitrogens with one attached hydrogen (secondary N) is 2. The second-order valence-corrected chi connectivity index (χ2v) is 6.03. The number of rotatable bonds is 4. The van der Waals surface area contributed by atoms with Crippen LogP contribution < -0.4 is 10.6 Å². The van der Waals surface area contributed by atoms with E-state index in [1.807, 2.05) is 37.3 Å². The number of nitro groups is 1. The van der Waals surface area contributed by atoms with Crippen molar-refractivity contribution in [3.05, 3.63) is 64.2 Å². The van der Waals surface area contributed by atoms with Crippen LogP contribution in [0.4, 0.5) is 17.1 Å². The number of carbonyl (C=O) groups is 1. The van der Waals surface area contributed by atoms with E-state index >= 15 is 0 Å². The lowest BCUT2D eigenvalue weighted by atomic mass is 10.1. The molecule has 1 aliphatic rings. The van der Waals surface area contributed by atoms with E-state index in [0.29, 0.717) is 17.8 Å². The quantitative estimate of drug-likeness (QED) is 0.632. The topological polar surface area (TPSA) is 87.5 Å². The predicted octanol–water partition coefficient (Wildman–Crippen LogP) is 3.19. The predicted molar refractivity (Wildman–Crippen MR) is 103 cm³/mol. The van der Waals surface area contributed by atoms with Crippen LogP contribution >= 0.6 is 12.4 Å². The van der Waals surface area contributed by atoms with Gasteiger partial charge in [-0.3, -0.25) is 14.9 Å². The van der Waals surface area contributed by atoms with Gasteiger partial charge in [0.1, 0.15) is 5.69 Å². The van der Waals surface area contributed by atoms with E-state index in [1.54, 1.807) is 17.0 Å². The van der Waals surface area contributed by atoms with Crippen molar-refractivity contribution in [3.63, 3.8) is 0 Å². The molecule has 2 aromatic rings. The third-order valence-electron chi connectivity index (χ3n) is 4.26. The van der Waals surface area contributed by atoms with Gasteiger partial charge in [-0.25, -0.2) is 0 Å². The monoisotopic (exact) mass is 376 g/mol. The number of hydrogen-bond acceptors (Lipinski definition) is 5. The van der Waals surface area contributed by atoms with Crippen LogP contribution in [0, 0.1) is 10.1 Å². The second-order valence-electron chi connectivity index (χ2n) is 6.03. The standard InChI is InChI=1S/C18H20N4O3.ClH/c1-13-12-19-9-10-21(13)18(23)14-7-8-16(17(11-14)22(24)25)20-15-5-3-2-4-6-15;/h2-8,11,13,19-20H,9-10,12H2,1H3;1H. The molecule has 1 aliphatic heterocycles.